The van der Waals surface area contributed by atoms with Crippen LogP contribution in [-0.2, 0) is 25.5 Å². The van der Waals surface area contributed by atoms with Crippen LogP contribution in [0.25, 0.3) is 10.8 Å². The van der Waals surface area contributed by atoms with Gasteiger partial charge in [-0.25, -0.2) is 0 Å². The number of dihydropyridines is 1. The van der Waals surface area contributed by atoms with Gasteiger partial charge in [0.15, 0.2) is 11.5 Å². The Bertz CT molecular complexity index is 2810. The third-order valence-electron chi connectivity index (χ3n) is 14.1. The number of phenols is 2. The quantitative estimate of drug-likeness (QED) is 0.0927. The molecule has 0 radical (unpaired) electrons. The number of H-pyrrole nitrogens is 1. The Balaban J connectivity index is 1.23. The number of allylic oxidation sites excluding steroid dienone is 8. The van der Waals surface area contributed by atoms with Crippen molar-refractivity contribution in [3.63, 3.8) is 0 Å². The summed E-state index contributed by atoms with van der Waals surface area (Å²) in [6.07, 6.45) is 28.6. The zero-order valence-electron chi connectivity index (χ0n) is 37.8. The second kappa shape index (κ2) is 18.8. The fourth-order valence-electron chi connectivity index (χ4n) is 10.9. The highest BCUT2D eigenvalue weighted by Gasteiger charge is 2.46. The van der Waals surface area contributed by atoms with Gasteiger partial charge in [-0.3, -0.25) is 14.4 Å². The number of carbonyl (C=O) groups is 3. The Morgan fingerprint density at radius 1 is 0.939 bits per heavy atom. The minimum Gasteiger partial charge on any atom is -0.508 e. The number of ether oxygens (including phenoxy) is 2. The van der Waals surface area contributed by atoms with Crippen molar-refractivity contribution in [1.29, 1.82) is 0 Å². The van der Waals surface area contributed by atoms with Crippen molar-refractivity contribution < 1.29 is 34.1 Å². The Morgan fingerprint density at radius 3 is 2.62 bits per heavy atom. The molecule has 0 unspecified atom stereocenters. The lowest BCUT2D eigenvalue weighted by atomic mass is 9.57. The number of phenolic OH excluding ortho intramolecular Hbond substituents is 2. The van der Waals surface area contributed by atoms with Gasteiger partial charge in [0.1, 0.15) is 29.2 Å². The third-order valence-corrected chi connectivity index (χ3v) is 14.1. The summed E-state index contributed by atoms with van der Waals surface area (Å²) in [6, 6.07) is 18.3. The number of methoxy groups -OCH3 is 1. The number of aromatic nitrogens is 2. The summed E-state index contributed by atoms with van der Waals surface area (Å²) in [4.78, 5) is 45.8. The van der Waals surface area contributed by atoms with E-state index in [1.54, 1.807) is 25.1 Å². The molecule has 11 heteroatoms. The first-order valence-electron chi connectivity index (χ1n) is 23.1. The number of hydrogen-bond acceptors (Lipinski definition) is 9. The molecule has 3 aromatic carbocycles. The number of nitrogens with zero attached hydrogens (tertiary/aromatic N) is 2. The highest BCUT2D eigenvalue weighted by molar-refractivity contribution is 5.95. The van der Waals surface area contributed by atoms with E-state index in [9.17, 15) is 24.6 Å². The number of aromatic hydroxyl groups is 2. The van der Waals surface area contributed by atoms with Gasteiger partial charge in [0.25, 0.3) is 0 Å². The topological polar surface area (TPSA) is 146 Å². The van der Waals surface area contributed by atoms with Gasteiger partial charge in [-0.2, -0.15) is 0 Å². The van der Waals surface area contributed by atoms with Gasteiger partial charge in [-0.1, -0.05) is 72.9 Å². The van der Waals surface area contributed by atoms with Crippen LogP contribution < -0.4 is 15.0 Å². The maximum atomic E-state index is 14.6. The van der Waals surface area contributed by atoms with Gasteiger partial charge >= 0.3 is 5.97 Å². The number of aromatic amines is 1. The van der Waals surface area contributed by atoms with Crippen molar-refractivity contribution >= 4 is 34.0 Å². The van der Waals surface area contributed by atoms with Crippen molar-refractivity contribution in [3.05, 3.63) is 168 Å². The first-order valence-corrected chi connectivity index (χ1v) is 23.1. The Morgan fingerprint density at radius 2 is 1.80 bits per heavy atom. The lowest BCUT2D eigenvalue weighted by molar-refractivity contribution is -0.148. The van der Waals surface area contributed by atoms with Gasteiger partial charge in [0.05, 0.1) is 18.8 Å². The van der Waals surface area contributed by atoms with Crippen molar-refractivity contribution in [2.45, 2.75) is 82.8 Å². The fourth-order valence-corrected chi connectivity index (χ4v) is 10.9. The summed E-state index contributed by atoms with van der Waals surface area (Å²) >= 11 is 0. The summed E-state index contributed by atoms with van der Waals surface area (Å²) < 4.78 is 13.6. The molecule has 2 aromatic heterocycles. The van der Waals surface area contributed by atoms with Gasteiger partial charge in [-0.15, -0.1) is 0 Å². The molecule has 5 aromatic rings. The normalized spacial score (nSPS) is 24.3. The molecule has 4 heterocycles. The van der Waals surface area contributed by atoms with E-state index < -0.39 is 18.1 Å². The molecule has 4 aliphatic rings. The molecular formula is C55H58N4O7. The minimum atomic E-state index is -0.655. The number of ketones is 2. The molecule has 6 atom stereocenters. The number of benzene rings is 3. The van der Waals surface area contributed by atoms with Gasteiger partial charge in [-0.05, 0) is 103 Å². The number of hydrogen-bond donors (Lipinski definition) is 4. The molecule has 11 nitrogen and oxygen atoms in total. The van der Waals surface area contributed by atoms with Crippen LogP contribution in [0.5, 0.6) is 17.2 Å². The molecule has 0 saturated heterocycles. The van der Waals surface area contributed by atoms with Crippen molar-refractivity contribution in [2.75, 3.05) is 25.1 Å². The smallest absolute Gasteiger partial charge is 0.302 e. The van der Waals surface area contributed by atoms with Gasteiger partial charge < -0.3 is 39.5 Å². The van der Waals surface area contributed by atoms with E-state index in [2.05, 4.69) is 94.5 Å². The standard InChI is InChI=1S/C55H58N4O7/c1-35(60)20-24-59-50-15-7-10-40-33-58(34-48(40)50)51(39-16-17-52(64)53(27-39)65-3)30-44(63)29-45(66-36(2)61)18-22-55-21-5-4-11-42(55)12-8-14-49(55)47-32-56-31-41(47)26-46(37-9-6-13-43(62)25-37)38-19-23-57-54(59)28-38/h4-11,13-17,19,21,25,27-28,31-34,42,45-46,49,51,56-57,62,64H,12,18,20,22-24,26,29-30H2,1-3H3/t42-,45-,46-,49-,51+,55-/m1/s1. The zero-order chi connectivity index (χ0) is 46.0. The van der Waals surface area contributed by atoms with Crippen LogP contribution in [-0.4, -0.2) is 63.6 Å². The van der Waals surface area contributed by atoms with Crippen LogP contribution in [0.4, 0.5) is 5.69 Å². The number of fused-ring (bicyclic) bond motifs is 4. The molecule has 0 saturated carbocycles. The van der Waals surface area contributed by atoms with Crippen LogP contribution in [0, 0.1) is 11.3 Å². The van der Waals surface area contributed by atoms with Crippen LogP contribution in [0.3, 0.4) is 0 Å². The van der Waals surface area contributed by atoms with E-state index in [0.29, 0.717) is 44.5 Å². The van der Waals surface area contributed by atoms with Crippen LogP contribution >= 0.6 is 0 Å². The van der Waals surface area contributed by atoms with E-state index >= 15 is 0 Å². The van der Waals surface area contributed by atoms with Crippen molar-refractivity contribution in [2.24, 2.45) is 11.3 Å². The molecule has 4 N–H and O–H groups in total. The number of nitrogens with one attached hydrogen (secondary N) is 2. The number of esters is 1. The van der Waals surface area contributed by atoms with Crippen LogP contribution in [0.2, 0.25) is 0 Å². The largest absolute Gasteiger partial charge is 0.508 e. The SMILES string of the molecule is COc1cc([C@@H]2CC(=O)C[C@H](OC(C)=O)CC[C@]34C=CC=C[C@@H]3CC=C[C@@H]4c3c[nH]cc3C[C@H](c3cccc(O)c3)C3=CCNC(=C3)N(CCC(C)=O)c3cccc4cn2cc34)ccc1O. The summed E-state index contributed by atoms with van der Waals surface area (Å²) in [7, 11) is 1.50. The van der Waals surface area contributed by atoms with Crippen LogP contribution in [0.15, 0.2) is 145 Å². The summed E-state index contributed by atoms with van der Waals surface area (Å²) in [5, 5.41) is 27.0. The molecule has 340 valence electrons. The molecule has 9 rings (SSSR count). The number of Topliss-reactive ketones (excluding diaryl/α,β-unsaturated/α-hetero) is 2. The van der Waals surface area contributed by atoms with Crippen LogP contribution in [0.1, 0.15) is 92.5 Å². The molecule has 1 spiro atoms. The fraction of sp³-hybridized carbons (Fsp3) is 0.327. The van der Waals surface area contributed by atoms with Crippen molar-refractivity contribution in [3.8, 4) is 17.2 Å². The third kappa shape index (κ3) is 8.99. The maximum absolute atomic E-state index is 14.6. The van der Waals surface area contributed by atoms with E-state index in [-0.39, 0.29) is 59.1 Å². The first kappa shape index (κ1) is 44.2. The number of carbonyl (C=O) groups excluding carboxylic acids is 3. The Kier molecular flexibility index (Phi) is 12.6. The second-order valence-electron chi connectivity index (χ2n) is 18.3. The van der Waals surface area contributed by atoms with E-state index in [4.69, 9.17) is 9.47 Å². The zero-order valence-corrected chi connectivity index (χ0v) is 37.8. The highest BCUT2D eigenvalue weighted by Crippen LogP contribution is 2.55. The first-order chi connectivity index (χ1) is 32.0. The highest BCUT2D eigenvalue weighted by atomic mass is 16.5. The average molecular weight is 887 g/mol. The summed E-state index contributed by atoms with van der Waals surface area (Å²) in [5.41, 5.74) is 5.69. The monoisotopic (exact) mass is 886 g/mol. The Hall–Kier alpha value is -7.01. The lowest BCUT2D eigenvalue weighted by Gasteiger charge is -2.47. The molecule has 0 amide bonds. The van der Waals surface area contributed by atoms with Gasteiger partial charge in [0.2, 0.25) is 0 Å². The number of rotatable bonds is 7. The molecular weight excluding hydrogens is 829 g/mol. The average Bonchev–Trinajstić information content (AvgIpc) is 3.96. The lowest BCUT2D eigenvalue weighted by Crippen LogP contribution is -2.38. The predicted octanol–water partition coefficient (Wildman–Crippen LogP) is 10.0. The Labute approximate surface area is 385 Å². The molecule has 4 bridgehead atoms. The minimum absolute atomic E-state index is 0.00818. The van der Waals surface area contributed by atoms with Crippen molar-refractivity contribution in [1.82, 2.24) is 14.9 Å². The van der Waals surface area contributed by atoms with Gasteiger partial charge in [0, 0.05) is 92.1 Å². The van der Waals surface area contributed by atoms with E-state index in [1.807, 2.05) is 41.1 Å². The second-order valence-corrected chi connectivity index (χ2v) is 18.3. The summed E-state index contributed by atoms with van der Waals surface area (Å²) in [5.74, 6) is 0.902. The molecule has 2 aliphatic heterocycles. The maximum Gasteiger partial charge on any atom is 0.302 e. The van der Waals surface area contributed by atoms with E-state index in [1.165, 1.54) is 19.6 Å². The molecule has 0 fully saturated rings. The number of anilines is 1. The summed E-state index contributed by atoms with van der Waals surface area (Å²) in [6.45, 7) is 3.98. The predicted molar refractivity (Wildman–Crippen MR) is 257 cm³/mol. The van der Waals surface area contributed by atoms with E-state index in [0.717, 1.165) is 51.0 Å². The molecule has 66 heavy (non-hydrogen) atoms. The molecule has 2 aliphatic carbocycles.